The lowest BCUT2D eigenvalue weighted by atomic mass is 10.0. The normalized spacial score (nSPS) is 21.0. The van der Waals surface area contributed by atoms with Crippen molar-refractivity contribution < 1.29 is 9.26 Å². The van der Waals surface area contributed by atoms with Crippen LogP contribution in [0.4, 0.5) is 0 Å². The average Bonchev–Trinajstić information content (AvgIpc) is 2.78. The number of rotatable bonds is 5. The lowest BCUT2D eigenvalue weighted by molar-refractivity contribution is 0.0399. The van der Waals surface area contributed by atoms with Gasteiger partial charge in [-0.05, 0) is 39.7 Å². The van der Waals surface area contributed by atoms with Crippen LogP contribution < -0.4 is 5.73 Å². The van der Waals surface area contributed by atoms with E-state index in [0.29, 0.717) is 24.2 Å². The smallest absolute Gasteiger partial charge is 0.240 e. The predicted octanol–water partition coefficient (Wildman–Crippen LogP) is 1.12. The van der Waals surface area contributed by atoms with Crippen LogP contribution in [-0.2, 0) is 16.8 Å². The summed E-state index contributed by atoms with van der Waals surface area (Å²) in [6.45, 7) is 7.13. The predicted molar refractivity (Wildman–Crippen MR) is 71.4 cm³/mol. The summed E-state index contributed by atoms with van der Waals surface area (Å²) in [6, 6.07) is 0. The van der Waals surface area contributed by atoms with Gasteiger partial charge in [-0.2, -0.15) is 4.98 Å². The van der Waals surface area contributed by atoms with Gasteiger partial charge in [-0.3, -0.25) is 4.90 Å². The molecule has 1 atom stereocenters. The van der Waals surface area contributed by atoms with E-state index in [1.807, 2.05) is 13.8 Å². The summed E-state index contributed by atoms with van der Waals surface area (Å²) in [5.41, 5.74) is 5.38. The van der Waals surface area contributed by atoms with E-state index in [0.717, 1.165) is 26.2 Å². The van der Waals surface area contributed by atoms with Gasteiger partial charge in [-0.15, -0.1) is 0 Å². The maximum atomic E-state index is 5.94. The van der Waals surface area contributed by atoms with Gasteiger partial charge in [0.25, 0.3) is 0 Å². The second kappa shape index (κ2) is 5.98. The second-order valence-corrected chi connectivity index (χ2v) is 6.01. The van der Waals surface area contributed by atoms with Crippen LogP contribution in [0.15, 0.2) is 4.52 Å². The highest BCUT2D eigenvalue weighted by molar-refractivity contribution is 4.98. The molecule has 0 aliphatic carbocycles. The monoisotopic (exact) mass is 268 g/mol. The Kier molecular flexibility index (Phi) is 4.54. The Labute approximate surface area is 114 Å². The third kappa shape index (κ3) is 4.26. The highest BCUT2D eigenvalue weighted by atomic mass is 16.5. The Morgan fingerprint density at radius 1 is 1.47 bits per heavy atom. The van der Waals surface area contributed by atoms with Crippen LogP contribution in [0.2, 0.25) is 0 Å². The molecule has 0 spiro atoms. The molecule has 1 fully saturated rings. The Balaban J connectivity index is 1.84. The first kappa shape index (κ1) is 14.4. The number of nitrogens with two attached hydrogens (primary N) is 1. The standard InChI is InChI=1S/C13H24N4O2/c1-13(2,14)12-15-11(19-16-12)8-17(3)7-10-5-4-6-18-9-10/h10H,4-9,14H2,1-3H3. The molecule has 6 heteroatoms. The highest BCUT2D eigenvalue weighted by Crippen LogP contribution is 2.16. The molecule has 19 heavy (non-hydrogen) atoms. The number of ether oxygens (including phenoxy) is 1. The molecule has 1 aromatic heterocycles. The molecule has 108 valence electrons. The Hall–Kier alpha value is -0.980. The van der Waals surface area contributed by atoms with Crippen LogP contribution in [0, 0.1) is 5.92 Å². The van der Waals surface area contributed by atoms with Gasteiger partial charge in [0.1, 0.15) is 0 Å². The molecule has 6 nitrogen and oxygen atoms in total. The minimum absolute atomic E-state index is 0.553. The average molecular weight is 268 g/mol. The third-order valence-corrected chi connectivity index (χ3v) is 3.27. The first-order chi connectivity index (χ1) is 8.95. The van der Waals surface area contributed by atoms with Crippen LogP contribution in [0.5, 0.6) is 0 Å². The molecular weight excluding hydrogens is 244 g/mol. The minimum Gasteiger partial charge on any atom is -0.381 e. The largest absolute Gasteiger partial charge is 0.381 e. The van der Waals surface area contributed by atoms with Gasteiger partial charge in [0.2, 0.25) is 5.89 Å². The fourth-order valence-electron chi connectivity index (χ4n) is 2.27. The Morgan fingerprint density at radius 3 is 2.84 bits per heavy atom. The SMILES string of the molecule is CN(Cc1nc(C(C)(C)N)no1)CC1CCCOC1. The fraction of sp³-hybridized carbons (Fsp3) is 0.846. The van der Waals surface area contributed by atoms with Crippen LogP contribution in [0.3, 0.4) is 0 Å². The summed E-state index contributed by atoms with van der Waals surface area (Å²) < 4.78 is 10.7. The van der Waals surface area contributed by atoms with Gasteiger partial charge in [-0.1, -0.05) is 5.16 Å². The van der Waals surface area contributed by atoms with Crippen molar-refractivity contribution in [1.82, 2.24) is 15.0 Å². The first-order valence-electron chi connectivity index (χ1n) is 6.83. The Morgan fingerprint density at radius 2 is 2.26 bits per heavy atom. The molecule has 1 aliphatic heterocycles. The van der Waals surface area contributed by atoms with Crippen molar-refractivity contribution in [3.05, 3.63) is 11.7 Å². The molecule has 0 radical (unpaired) electrons. The lowest BCUT2D eigenvalue weighted by Gasteiger charge is -2.26. The van der Waals surface area contributed by atoms with Gasteiger partial charge in [0.15, 0.2) is 5.82 Å². The zero-order valence-electron chi connectivity index (χ0n) is 12.1. The quantitative estimate of drug-likeness (QED) is 0.862. The topological polar surface area (TPSA) is 77.4 Å². The molecule has 0 saturated carbocycles. The molecule has 0 bridgehead atoms. The summed E-state index contributed by atoms with van der Waals surface area (Å²) in [6.07, 6.45) is 2.39. The van der Waals surface area contributed by atoms with E-state index in [2.05, 4.69) is 22.1 Å². The number of hydrogen-bond acceptors (Lipinski definition) is 6. The molecule has 0 amide bonds. The molecule has 2 rings (SSSR count). The van der Waals surface area contributed by atoms with Gasteiger partial charge < -0.3 is 15.0 Å². The van der Waals surface area contributed by atoms with Gasteiger partial charge in [-0.25, -0.2) is 0 Å². The van der Waals surface area contributed by atoms with E-state index in [1.165, 1.54) is 6.42 Å². The van der Waals surface area contributed by atoms with Crippen LogP contribution >= 0.6 is 0 Å². The number of hydrogen-bond donors (Lipinski definition) is 1. The zero-order chi connectivity index (χ0) is 13.9. The number of nitrogens with zero attached hydrogens (tertiary/aromatic N) is 3. The molecule has 0 aromatic carbocycles. The van der Waals surface area contributed by atoms with Crippen molar-refractivity contribution in [2.45, 2.75) is 38.8 Å². The van der Waals surface area contributed by atoms with Crippen molar-refractivity contribution in [1.29, 1.82) is 0 Å². The molecule has 2 N–H and O–H groups in total. The molecule has 1 saturated heterocycles. The summed E-state index contributed by atoms with van der Waals surface area (Å²) in [5.74, 6) is 1.77. The van der Waals surface area contributed by atoms with Gasteiger partial charge >= 0.3 is 0 Å². The van der Waals surface area contributed by atoms with Crippen LogP contribution in [-0.4, -0.2) is 41.8 Å². The highest BCUT2D eigenvalue weighted by Gasteiger charge is 2.22. The van der Waals surface area contributed by atoms with Gasteiger partial charge in [0, 0.05) is 13.2 Å². The molecule has 1 unspecified atom stereocenters. The van der Waals surface area contributed by atoms with E-state index in [9.17, 15) is 0 Å². The first-order valence-corrected chi connectivity index (χ1v) is 6.83. The zero-order valence-corrected chi connectivity index (χ0v) is 12.1. The van der Waals surface area contributed by atoms with Crippen molar-refractivity contribution in [3.8, 4) is 0 Å². The van der Waals surface area contributed by atoms with Crippen LogP contribution in [0.25, 0.3) is 0 Å². The van der Waals surface area contributed by atoms with Crippen molar-refractivity contribution >= 4 is 0 Å². The van der Waals surface area contributed by atoms with E-state index in [-0.39, 0.29) is 0 Å². The van der Waals surface area contributed by atoms with Gasteiger partial charge in [0.05, 0.1) is 18.7 Å². The fourth-order valence-corrected chi connectivity index (χ4v) is 2.27. The second-order valence-electron chi connectivity index (χ2n) is 6.01. The van der Waals surface area contributed by atoms with E-state index in [4.69, 9.17) is 15.0 Å². The van der Waals surface area contributed by atoms with E-state index < -0.39 is 5.54 Å². The minimum atomic E-state index is -0.558. The van der Waals surface area contributed by atoms with E-state index in [1.54, 1.807) is 0 Å². The maximum absolute atomic E-state index is 5.94. The van der Waals surface area contributed by atoms with Crippen molar-refractivity contribution in [3.63, 3.8) is 0 Å². The molecular formula is C13H24N4O2. The van der Waals surface area contributed by atoms with Crippen LogP contribution in [0.1, 0.15) is 38.4 Å². The molecule has 1 aromatic rings. The molecule has 1 aliphatic rings. The summed E-state index contributed by atoms with van der Waals surface area (Å²) >= 11 is 0. The molecule has 2 heterocycles. The lowest BCUT2D eigenvalue weighted by Crippen LogP contribution is -2.31. The van der Waals surface area contributed by atoms with E-state index >= 15 is 0 Å². The third-order valence-electron chi connectivity index (χ3n) is 3.27. The summed E-state index contributed by atoms with van der Waals surface area (Å²) in [5, 5.41) is 3.92. The summed E-state index contributed by atoms with van der Waals surface area (Å²) in [4.78, 5) is 6.53. The summed E-state index contributed by atoms with van der Waals surface area (Å²) in [7, 11) is 2.06. The number of aromatic nitrogens is 2. The maximum Gasteiger partial charge on any atom is 0.240 e. The Bertz CT molecular complexity index is 394. The van der Waals surface area contributed by atoms with Crippen molar-refractivity contribution in [2.24, 2.45) is 11.7 Å². The van der Waals surface area contributed by atoms with Crippen molar-refractivity contribution in [2.75, 3.05) is 26.8 Å².